The van der Waals surface area contributed by atoms with Crippen molar-refractivity contribution in [2.24, 2.45) is 17.6 Å². The van der Waals surface area contributed by atoms with Crippen molar-refractivity contribution in [3.05, 3.63) is 81.6 Å². The van der Waals surface area contributed by atoms with Crippen molar-refractivity contribution in [1.29, 1.82) is 0 Å². The van der Waals surface area contributed by atoms with Gasteiger partial charge in [0.1, 0.15) is 22.8 Å². The predicted octanol–water partition coefficient (Wildman–Crippen LogP) is 1.03. The summed E-state index contributed by atoms with van der Waals surface area (Å²) in [6.07, 6.45) is -1.37. The average Bonchev–Trinajstić information content (AvgIpc) is 2.85. The summed E-state index contributed by atoms with van der Waals surface area (Å²) in [5.41, 5.74) is 3.35. The molecule has 1 fully saturated rings. The summed E-state index contributed by atoms with van der Waals surface area (Å²) in [6, 6.07) is 10.8. The number of phenols is 1. The Kier molecular flexibility index (Phi) is 6.17. The molecule has 1 amide bonds. The Morgan fingerprint density at radius 3 is 2.36 bits per heavy atom. The molecule has 10 heteroatoms. The topological polar surface area (TPSA) is 182 Å². The summed E-state index contributed by atoms with van der Waals surface area (Å²) in [5.74, 6) is -9.10. The lowest BCUT2D eigenvalue weighted by Gasteiger charge is -2.54. The van der Waals surface area contributed by atoms with Gasteiger partial charge < -0.3 is 31.3 Å². The second-order valence-electron chi connectivity index (χ2n) is 10.8. The van der Waals surface area contributed by atoms with E-state index in [9.17, 15) is 39.9 Å². The lowest BCUT2D eigenvalue weighted by Crippen LogP contribution is -2.70. The Morgan fingerprint density at radius 1 is 1.08 bits per heavy atom. The van der Waals surface area contributed by atoms with Gasteiger partial charge in [0.05, 0.1) is 23.6 Å². The third-order valence-electron chi connectivity index (χ3n) is 8.34. The summed E-state index contributed by atoms with van der Waals surface area (Å²) < 4.78 is 0. The number of nitrogens with two attached hydrogens (primary N) is 1. The smallest absolute Gasteiger partial charge is 0.255 e. The molecule has 0 bridgehead atoms. The van der Waals surface area contributed by atoms with Crippen LogP contribution in [-0.2, 0) is 20.8 Å². The number of fused-ring (bicyclic) bond motifs is 3. The highest BCUT2D eigenvalue weighted by molar-refractivity contribution is 6.24. The number of aromatic hydroxyl groups is 1. The van der Waals surface area contributed by atoms with Gasteiger partial charge >= 0.3 is 0 Å². The van der Waals surface area contributed by atoms with Crippen LogP contribution in [0.15, 0.2) is 59.4 Å². The number of Topliss-reactive ketones (excluding diaryl/α,β-unsaturated/α-hetero) is 2. The zero-order valence-electron chi connectivity index (χ0n) is 21.6. The molecule has 2 aromatic carbocycles. The van der Waals surface area contributed by atoms with Gasteiger partial charge in [0.25, 0.3) is 5.91 Å². The van der Waals surface area contributed by atoms with Gasteiger partial charge in [0.2, 0.25) is 5.78 Å². The van der Waals surface area contributed by atoms with Crippen LogP contribution < -0.4 is 5.73 Å². The van der Waals surface area contributed by atoms with Crippen molar-refractivity contribution in [2.45, 2.75) is 37.0 Å². The van der Waals surface area contributed by atoms with Crippen LogP contribution >= 0.6 is 0 Å². The van der Waals surface area contributed by atoms with E-state index in [2.05, 4.69) is 0 Å². The molecule has 0 heterocycles. The quantitative estimate of drug-likeness (QED) is 0.312. The molecular formula is C29H30N2O8. The van der Waals surface area contributed by atoms with E-state index in [1.54, 1.807) is 12.1 Å². The standard InChI is InChI=1S/C29H30N2O8/c1-12-6-4-7-13(10-12)11-15-14-8-5-9-16(32)17(14)23(33)19-18(15)24(34)21-22(31(2)3)25(35)20(28(30)38)27(37)29(21,39)26(19)36/h4-10,15,18,21-22,24,32-34,37,39H,11H2,1-3H3,(H2,30,38). The number of aliphatic hydroxyl groups excluding tert-OH is 3. The second-order valence-corrected chi connectivity index (χ2v) is 10.8. The molecule has 0 spiro atoms. The molecule has 0 saturated heterocycles. The minimum Gasteiger partial charge on any atom is -0.508 e. The fraction of sp³-hybridized carbons (Fsp3) is 0.345. The number of carbonyl (C=O) groups is 3. The van der Waals surface area contributed by atoms with Crippen LogP contribution in [0.3, 0.4) is 0 Å². The highest BCUT2D eigenvalue weighted by Crippen LogP contribution is 2.56. The van der Waals surface area contributed by atoms with E-state index >= 15 is 0 Å². The minimum absolute atomic E-state index is 0.0290. The Balaban J connectivity index is 1.80. The molecule has 0 radical (unpaired) electrons. The molecular weight excluding hydrogens is 504 g/mol. The molecule has 204 valence electrons. The highest BCUT2D eigenvalue weighted by Gasteiger charge is 2.68. The van der Waals surface area contributed by atoms with E-state index < -0.39 is 75.6 Å². The normalized spacial score (nSPS) is 30.3. The third-order valence-corrected chi connectivity index (χ3v) is 8.34. The monoisotopic (exact) mass is 534 g/mol. The Hall–Kier alpha value is -3.99. The molecule has 39 heavy (non-hydrogen) atoms. The molecule has 6 unspecified atom stereocenters. The summed E-state index contributed by atoms with van der Waals surface area (Å²) in [6.45, 7) is 1.92. The number of hydrogen-bond donors (Lipinski definition) is 6. The van der Waals surface area contributed by atoms with E-state index in [1.165, 1.54) is 25.1 Å². The van der Waals surface area contributed by atoms with Gasteiger partial charge in [-0.3, -0.25) is 19.3 Å². The van der Waals surface area contributed by atoms with Crippen LogP contribution in [0.1, 0.15) is 28.2 Å². The Labute approximate surface area is 224 Å². The number of rotatable bonds is 4. The summed E-state index contributed by atoms with van der Waals surface area (Å²) in [4.78, 5) is 41.0. The van der Waals surface area contributed by atoms with Crippen molar-refractivity contribution >= 4 is 23.2 Å². The average molecular weight is 535 g/mol. The fourth-order valence-electron chi connectivity index (χ4n) is 6.73. The molecule has 7 N–H and O–H groups in total. The maximum absolute atomic E-state index is 14.2. The molecule has 10 nitrogen and oxygen atoms in total. The molecule has 5 rings (SSSR count). The van der Waals surface area contributed by atoms with E-state index in [1.807, 2.05) is 31.2 Å². The van der Waals surface area contributed by atoms with Crippen LogP contribution in [0.5, 0.6) is 5.75 Å². The van der Waals surface area contributed by atoms with Crippen molar-refractivity contribution < 1.29 is 39.9 Å². The number of primary amides is 1. The molecule has 0 aliphatic heterocycles. The summed E-state index contributed by atoms with van der Waals surface area (Å²) in [7, 11) is 2.95. The molecule has 3 aliphatic rings. The molecule has 0 aromatic heterocycles. The second kappa shape index (κ2) is 9.04. The lowest BCUT2D eigenvalue weighted by atomic mass is 9.53. The van der Waals surface area contributed by atoms with Crippen molar-refractivity contribution in [3.8, 4) is 5.75 Å². The van der Waals surface area contributed by atoms with Crippen LogP contribution in [0.2, 0.25) is 0 Å². The third kappa shape index (κ3) is 3.63. The first kappa shape index (κ1) is 26.6. The highest BCUT2D eigenvalue weighted by atomic mass is 16.4. The van der Waals surface area contributed by atoms with Crippen molar-refractivity contribution in [2.75, 3.05) is 14.1 Å². The van der Waals surface area contributed by atoms with E-state index in [0.717, 1.165) is 11.1 Å². The summed E-state index contributed by atoms with van der Waals surface area (Å²) in [5, 5.41) is 56.8. The lowest BCUT2D eigenvalue weighted by molar-refractivity contribution is -0.169. The van der Waals surface area contributed by atoms with Gasteiger partial charge in [-0.15, -0.1) is 0 Å². The first-order valence-corrected chi connectivity index (χ1v) is 12.5. The number of aryl methyl sites for hydroxylation is 1. The number of likely N-dealkylation sites (N-methyl/N-ethyl adjacent to an activating group) is 1. The zero-order chi connectivity index (χ0) is 28.5. The van der Waals surface area contributed by atoms with Crippen LogP contribution in [0.4, 0.5) is 0 Å². The Morgan fingerprint density at radius 2 is 1.74 bits per heavy atom. The molecule has 2 aromatic rings. The number of carbonyl (C=O) groups excluding carboxylic acids is 3. The number of nitrogens with zero attached hydrogens (tertiary/aromatic N) is 1. The van der Waals surface area contributed by atoms with Gasteiger partial charge in [0, 0.05) is 11.5 Å². The van der Waals surface area contributed by atoms with E-state index in [4.69, 9.17) is 5.73 Å². The van der Waals surface area contributed by atoms with Gasteiger partial charge in [-0.25, -0.2) is 0 Å². The SMILES string of the molecule is Cc1cccc(CC2c3cccc(O)c3C(O)=C3C(=O)C4(O)C(O)=C(C(N)=O)C(=O)C(N(C)C)C4C(O)C32)c1. The van der Waals surface area contributed by atoms with Crippen LogP contribution in [0, 0.1) is 18.8 Å². The van der Waals surface area contributed by atoms with Gasteiger partial charge in [-0.2, -0.15) is 0 Å². The van der Waals surface area contributed by atoms with Crippen molar-refractivity contribution in [1.82, 2.24) is 4.90 Å². The molecule has 1 saturated carbocycles. The first-order chi connectivity index (χ1) is 18.3. The maximum atomic E-state index is 14.2. The first-order valence-electron chi connectivity index (χ1n) is 12.5. The van der Waals surface area contributed by atoms with Crippen molar-refractivity contribution in [3.63, 3.8) is 0 Å². The Bertz CT molecular complexity index is 1490. The van der Waals surface area contributed by atoms with E-state index in [0.29, 0.717) is 5.56 Å². The summed E-state index contributed by atoms with van der Waals surface area (Å²) >= 11 is 0. The predicted molar refractivity (Wildman–Crippen MR) is 140 cm³/mol. The zero-order valence-corrected chi connectivity index (χ0v) is 21.6. The number of phenolic OH excluding ortho intramolecular Hbond substituents is 1. The van der Waals surface area contributed by atoms with Gasteiger partial charge in [-0.05, 0) is 50.6 Å². The van der Waals surface area contributed by atoms with E-state index in [-0.39, 0.29) is 17.7 Å². The van der Waals surface area contributed by atoms with Crippen LogP contribution in [-0.4, -0.2) is 79.7 Å². The number of hydrogen-bond acceptors (Lipinski definition) is 9. The minimum atomic E-state index is -2.94. The number of benzene rings is 2. The van der Waals surface area contributed by atoms with Gasteiger partial charge in [-0.1, -0.05) is 42.0 Å². The maximum Gasteiger partial charge on any atom is 0.255 e. The molecule has 6 atom stereocenters. The number of ketones is 2. The number of amides is 1. The largest absolute Gasteiger partial charge is 0.508 e. The van der Waals surface area contributed by atoms with Gasteiger partial charge in [0.15, 0.2) is 11.4 Å². The fourth-order valence-corrected chi connectivity index (χ4v) is 6.73. The number of aliphatic hydroxyl groups is 4. The van der Waals surface area contributed by atoms with Crippen LogP contribution in [0.25, 0.3) is 5.76 Å². The molecule has 3 aliphatic carbocycles.